The Morgan fingerprint density at radius 2 is 2.25 bits per heavy atom. The summed E-state index contributed by atoms with van der Waals surface area (Å²) in [5.74, 6) is -1.11. The summed E-state index contributed by atoms with van der Waals surface area (Å²) in [7, 11) is 0. The molecule has 0 aliphatic carbocycles. The molecule has 1 saturated heterocycles. The second-order valence-electron chi connectivity index (χ2n) is 5.07. The monoisotopic (exact) mass is 293 g/mol. The first kappa shape index (κ1) is 14.8. The van der Waals surface area contributed by atoms with Gasteiger partial charge in [0.25, 0.3) is 0 Å². The van der Waals surface area contributed by atoms with Crippen LogP contribution >= 0.6 is 11.3 Å². The predicted octanol–water partition coefficient (Wildman–Crippen LogP) is 2.93. The Morgan fingerprint density at radius 1 is 1.50 bits per heavy atom. The van der Waals surface area contributed by atoms with Crippen LogP contribution in [0.3, 0.4) is 0 Å². The second-order valence-corrected chi connectivity index (χ2v) is 6.38. The largest absolute Gasteiger partial charge is 0.479 e. The molecule has 0 spiro atoms. The Bertz CT molecular complexity index is 549. The zero-order chi connectivity index (χ0) is 14.8. The van der Waals surface area contributed by atoms with E-state index in [0.29, 0.717) is 19.4 Å². The van der Waals surface area contributed by atoms with Crippen LogP contribution in [-0.4, -0.2) is 34.0 Å². The summed E-state index contributed by atoms with van der Waals surface area (Å²) in [6.45, 7) is 4.36. The van der Waals surface area contributed by atoms with Crippen molar-refractivity contribution < 1.29 is 14.7 Å². The summed E-state index contributed by atoms with van der Waals surface area (Å²) >= 11 is 1.61. The van der Waals surface area contributed by atoms with Gasteiger partial charge >= 0.3 is 5.97 Å². The van der Waals surface area contributed by atoms with Crippen LogP contribution in [0.4, 0.5) is 0 Å². The molecule has 1 amide bonds. The maximum atomic E-state index is 12.3. The number of likely N-dealkylation sites (tertiary alicyclic amines) is 1. The number of thiophene rings is 1. The number of hydrogen-bond acceptors (Lipinski definition) is 3. The Kier molecular flexibility index (Phi) is 4.28. The molecule has 2 rings (SSSR count). The molecule has 0 aromatic carbocycles. The highest BCUT2D eigenvalue weighted by Crippen LogP contribution is 2.33. The van der Waals surface area contributed by atoms with Gasteiger partial charge in [0, 0.05) is 22.4 Å². The first-order chi connectivity index (χ1) is 9.49. The number of aliphatic carboxylic acids is 1. The van der Waals surface area contributed by atoms with Gasteiger partial charge in [0.1, 0.15) is 5.54 Å². The molecule has 1 aliphatic rings. The number of aryl methyl sites for hydroxylation is 1. The second kappa shape index (κ2) is 5.79. The minimum Gasteiger partial charge on any atom is -0.479 e. The number of rotatable bonds is 4. The van der Waals surface area contributed by atoms with Crippen LogP contribution in [0.5, 0.6) is 0 Å². The number of carboxylic acids is 1. The Balaban J connectivity index is 2.16. The molecular formula is C15H19NO3S. The minimum atomic E-state index is -1.02. The SMILES string of the molecule is CCC1(C(=O)O)CCCN1C(=O)/C=C/c1ccc(C)s1. The zero-order valence-corrected chi connectivity index (χ0v) is 12.6. The van der Waals surface area contributed by atoms with E-state index in [1.807, 2.05) is 26.0 Å². The van der Waals surface area contributed by atoms with Crippen molar-refractivity contribution in [1.82, 2.24) is 4.90 Å². The predicted molar refractivity (Wildman–Crippen MR) is 79.7 cm³/mol. The first-order valence-corrected chi connectivity index (χ1v) is 7.61. The van der Waals surface area contributed by atoms with Crippen molar-refractivity contribution in [2.24, 2.45) is 0 Å². The average Bonchev–Trinajstić information content (AvgIpc) is 3.02. The van der Waals surface area contributed by atoms with E-state index in [4.69, 9.17) is 0 Å². The lowest BCUT2D eigenvalue weighted by Crippen LogP contribution is -2.52. The standard InChI is InChI=1S/C15H19NO3S/c1-3-15(14(18)19)9-4-10-16(15)13(17)8-7-12-6-5-11(2)20-12/h5-8H,3-4,9-10H2,1-2H3,(H,18,19)/b8-7+. The third-order valence-corrected chi connectivity index (χ3v) is 4.86. The van der Waals surface area contributed by atoms with E-state index in [2.05, 4.69) is 0 Å². The molecule has 1 fully saturated rings. The number of amides is 1. The van der Waals surface area contributed by atoms with E-state index in [0.717, 1.165) is 11.3 Å². The third kappa shape index (κ3) is 2.63. The average molecular weight is 293 g/mol. The van der Waals surface area contributed by atoms with Gasteiger partial charge in [-0.05, 0) is 44.4 Å². The molecule has 2 heterocycles. The summed E-state index contributed by atoms with van der Waals surface area (Å²) in [5, 5.41) is 9.46. The van der Waals surface area contributed by atoms with Gasteiger partial charge in [0.15, 0.2) is 0 Å². The van der Waals surface area contributed by atoms with Crippen molar-refractivity contribution in [2.75, 3.05) is 6.54 Å². The number of carbonyl (C=O) groups is 2. The van der Waals surface area contributed by atoms with Crippen LogP contribution < -0.4 is 0 Å². The maximum Gasteiger partial charge on any atom is 0.329 e. The van der Waals surface area contributed by atoms with E-state index in [9.17, 15) is 14.7 Å². The van der Waals surface area contributed by atoms with Crippen molar-refractivity contribution >= 4 is 29.3 Å². The molecule has 1 atom stereocenters. The first-order valence-electron chi connectivity index (χ1n) is 6.79. The molecule has 4 nitrogen and oxygen atoms in total. The summed E-state index contributed by atoms with van der Waals surface area (Å²) in [4.78, 5) is 27.5. The molecule has 0 radical (unpaired) electrons. The van der Waals surface area contributed by atoms with E-state index >= 15 is 0 Å². The normalized spacial score (nSPS) is 22.6. The molecule has 20 heavy (non-hydrogen) atoms. The van der Waals surface area contributed by atoms with Crippen LogP contribution in [0.25, 0.3) is 6.08 Å². The van der Waals surface area contributed by atoms with Crippen LogP contribution in [0, 0.1) is 6.92 Å². The zero-order valence-electron chi connectivity index (χ0n) is 11.8. The van der Waals surface area contributed by atoms with Gasteiger partial charge in [-0.15, -0.1) is 11.3 Å². The van der Waals surface area contributed by atoms with Crippen LogP contribution in [-0.2, 0) is 9.59 Å². The van der Waals surface area contributed by atoms with Crippen molar-refractivity contribution in [2.45, 2.75) is 38.6 Å². The highest BCUT2D eigenvalue weighted by atomic mass is 32.1. The Hall–Kier alpha value is -1.62. The number of carboxylic acid groups (broad SMARTS) is 1. The van der Waals surface area contributed by atoms with Crippen LogP contribution in [0.1, 0.15) is 35.9 Å². The summed E-state index contributed by atoms with van der Waals surface area (Å²) in [5.41, 5.74) is -1.02. The van der Waals surface area contributed by atoms with Gasteiger partial charge in [-0.2, -0.15) is 0 Å². The Morgan fingerprint density at radius 3 is 2.80 bits per heavy atom. The molecule has 1 aliphatic heterocycles. The van der Waals surface area contributed by atoms with Gasteiger partial charge in [-0.1, -0.05) is 6.92 Å². The molecule has 1 N–H and O–H groups in total. The fourth-order valence-corrected chi connectivity index (χ4v) is 3.51. The number of nitrogens with zero attached hydrogens (tertiary/aromatic N) is 1. The minimum absolute atomic E-state index is 0.210. The molecule has 5 heteroatoms. The van der Waals surface area contributed by atoms with Gasteiger partial charge in [-0.3, -0.25) is 4.79 Å². The smallest absolute Gasteiger partial charge is 0.329 e. The van der Waals surface area contributed by atoms with E-state index in [1.165, 1.54) is 15.9 Å². The van der Waals surface area contributed by atoms with Crippen molar-refractivity contribution in [1.29, 1.82) is 0 Å². The quantitative estimate of drug-likeness (QED) is 0.868. The summed E-state index contributed by atoms with van der Waals surface area (Å²) in [6.07, 6.45) is 4.99. The van der Waals surface area contributed by atoms with Crippen molar-refractivity contribution in [3.63, 3.8) is 0 Å². The molecule has 1 aromatic rings. The Labute approximate surface area is 122 Å². The third-order valence-electron chi connectivity index (χ3n) is 3.89. The van der Waals surface area contributed by atoms with Gasteiger partial charge in [0.2, 0.25) is 5.91 Å². The lowest BCUT2D eigenvalue weighted by molar-refractivity contribution is -0.155. The van der Waals surface area contributed by atoms with E-state index in [-0.39, 0.29) is 5.91 Å². The van der Waals surface area contributed by atoms with Gasteiger partial charge < -0.3 is 10.0 Å². The highest BCUT2D eigenvalue weighted by molar-refractivity contribution is 7.12. The van der Waals surface area contributed by atoms with Crippen molar-refractivity contribution in [3.05, 3.63) is 28.0 Å². The topological polar surface area (TPSA) is 57.6 Å². The molecular weight excluding hydrogens is 274 g/mol. The lowest BCUT2D eigenvalue weighted by Gasteiger charge is -2.33. The molecule has 108 valence electrons. The van der Waals surface area contributed by atoms with Gasteiger partial charge in [-0.25, -0.2) is 4.79 Å². The molecule has 0 saturated carbocycles. The highest BCUT2D eigenvalue weighted by Gasteiger charge is 2.47. The molecule has 1 unspecified atom stereocenters. The molecule has 1 aromatic heterocycles. The van der Waals surface area contributed by atoms with Crippen LogP contribution in [0.15, 0.2) is 18.2 Å². The fraction of sp³-hybridized carbons (Fsp3) is 0.467. The van der Waals surface area contributed by atoms with Crippen LogP contribution in [0.2, 0.25) is 0 Å². The number of carbonyl (C=O) groups excluding carboxylic acids is 1. The van der Waals surface area contributed by atoms with Gasteiger partial charge in [0.05, 0.1) is 0 Å². The maximum absolute atomic E-state index is 12.3. The summed E-state index contributed by atoms with van der Waals surface area (Å²) in [6, 6.07) is 3.95. The fourth-order valence-electron chi connectivity index (χ4n) is 2.73. The van der Waals surface area contributed by atoms with E-state index in [1.54, 1.807) is 17.4 Å². The summed E-state index contributed by atoms with van der Waals surface area (Å²) < 4.78 is 0. The lowest BCUT2D eigenvalue weighted by atomic mass is 9.93. The van der Waals surface area contributed by atoms with E-state index < -0.39 is 11.5 Å². The van der Waals surface area contributed by atoms with Crippen molar-refractivity contribution in [3.8, 4) is 0 Å². The number of hydrogen-bond donors (Lipinski definition) is 1. The molecule has 0 bridgehead atoms.